The summed E-state index contributed by atoms with van der Waals surface area (Å²) in [6.45, 7) is -0.379. The number of rotatable bonds is 6. The monoisotopic (exact) mass is 270 g/mol. The van der Waals surface area contributed by atoms with Gasteiger partial charge in [0.15, 0.2) is 0 Å². The molecule has 1 rings (SSSR count). The Morgan fingerprint density at radius 2 is 2.21 bits per heavy atom. The fourth-order valence-electron chi connectivity index (χ4n) is 1.14. The SMILES string of the molecule is NC(=O)C(O)CNc1ncc(C(=O)O)cc1[N+](=O)[O-]. The highest BCUT2D eigenvalue weighted by Crippen LogP contribution is 2.22. The molecule has 5 N–H and O–H groups in total. The minimum Gasteiger partial charge on any atom is -0.478 e. The molecule has 0 fully saturated rings. The molecule has 1 unspecified atom stereocenters. The Bertz CT molecular complexity index is 531. The van der Waals surface area contributed by atoms with Crippen molar-refractivity contribution in [2.75, 3.05) is 11.9 Å². The topological polar surface area (TPSA) is 169 Å². The van der Waals surface area contributed by atoms with Crippen molar-refractivity contribution in [1.82, 2.24) is 4.98 Å². The molecule has 0 aliphatic heterocycles. The van der Waals surface area contributed by atoms with Crippen LogP contribution in [0.15, 0.2) is 12.3 Å². The van der Waals surface area contributed by atoms with Crippen LogP contribution in [0.3, 0.4) is 0 Å². The summed E-state index contributed by atoms with van der Waals surface area (Å²) in [6, 6.07) is 0.814. The van der Waals surface area contributed by atoms with Crippen LogP contribution in [0.4, 0.5) is 11.5 Å². The van der Waals surface area contributed by atoms with Crippen LogP contribution >= 0.6 is 0 Å². The summed E-state index contributed by atoms with van der Waals surface area (Å²) >= 11 is 0. The predicted molar refractivity (Wildman–Crippen MR) is 61.5 cm³/mol. The van der Waals surface area contributed by atoms with E-state index in [2.05, 4.69) is 10.3 Å². The van der Waals surface area contributed by atoms with E-state index >= 15 is 0 Å². The Balaban J connectivity index is 2.97. The van der Waals surface area contributed by atoms with Crippen LogP contribution in [-0.4, -0.2) is 44.6 Å². The van der Waals surface area contributed by atoms with E-state index in [1.807, 2.05) is 0 Å². The normalized spacial score (nSPS) is 11.6. The maximum atomic E-state index is 10.8. The molecule has 1 amide bonds. The minimum absolute atomic E-state index is 0.268. The van der Waals surface area contributed by atoms with Gasteiger partial charge in [-0.1, -0.05) is 0 Å². The van der Waals surface area contributed by atoms with Crippen LogP contribution in [-0.2, 0) is 4.79 Å². The van der Waals surface area contributed by atoms with Gasteiger partial charge in [-0.25, -0.2) is 9.78 Å². The molecule has 19 heavy (non-hydrogen) atoms. The van der Waals surface area contributed by atoms with Gasteiger partial charge in [-0.2, -0.15) is 0 Å². The molecular formula is C9H10N4O6. The number of aliphatic hydroxyl groups is 1. The molecule has 1 heterocycles. The number of hydrogen-bond acceptors (Lipinski definition) is 7. The van der Waals surface area contributed by atoms with Crippen LogP contribution in [0.2, 0.25) is 0 Å². The lowest BCUT2D eigenvalue weighted by Crippen LogP contribution is -2.34. The predicted octanol–water partition coefficient (Wildman–Crippen LogP) is -1.05. The molecule has 0 aliphatic rings. The number of aliphatic hydroxyl groups excluding tert-OH is 1. The summed E-state index contributed by atoms with van der Waals surface area (Å²) in [7, 11) is 0. The van der Waals surface area contributed by atoms with Crippen LogP contribution in [0.25, 0.3) is 0 Å². The number of nitrogens with two attached hydrogens (primary N) is 1. The Morgan fingerprint density at radius 3 is 2.68 bits per heavy atom. The maximum absolute atomic E-state index is 10.8. The number of carbonyl (C=O) groups excluding carboxylic acids is 1. The summed E-state index contributed by atoms with van der Waals surface area (Å²) in [5, 5.41) is 30.9. The number of carboxylic acids is 1. The van der Waals surface area contributed by atoms with Gasteiger partial charge >= 0.3 is 11.7 Å². The van der Waals surface area contributed by atoms with Crippen molar-refractivity contribution >= 4 is 23.4 Å². The largest absolute Gasteiger partial charge is 0.478 e. The number of nitro groups is 1. The van der Waals surface area contributed by atoms with Crippen molar-refractivity contribution in [3.63, 3.8) is 0 Å². The number of nitrogens with one attached hydrogen (secondary N) is 1. The second-order valence-corrected chi connectivity index (χ2v) is 3.45. The van der Waals surface area contributed by atoms with Crippen LogP contribution in [0, 0.1) is 10.1 Å². The minimum atomic E-state index is -1.54. The first-order chi connectivity index (χ1) is 8.82. The zero-order valence-electron chi connectivity index (χ0n) is 9.44. The maximum Gasteiger partial charge on any atom is 0.337 e. The molecule has 1 aromatic rings. The van der Waals surface area contributed by atoms with E-state index in [0.29, 0.717) is 0 Å². The van der Waals surface area contributed by atoms with Crippen molar-refractivity contribution in [1.29, 1.82) is 0 Å². The van der Waals surface area contributed by atoms with Gasteiger partial charge < -0.3 is 21.3 Å². The van der Waals surface area contributed by atoms with E-state index in [0.717, 1.165) is 12.3 Å². The molecular weight excluding hydrogens is 260 g/mol. The summed E-state index contributed by atoms with van der Waals surface area (Å²) in [6.07, 6.45) is -0.630. The number of carbonyl (C=O) groups is 2. The second-order valence-electron chi connectivity index (χ2n) is 3.45. The summed E-state index contributed by atoms with van der Waals surface area (Å²) in [5.41, 5.74) is 3.86. The number of anilines is 1. The smallest absolute Gasteiger partial charge is 0.337 e. The highest BCUT2D eigenvalue weighted by molar-refractivity contribution is 5.88. The lowest BCUT2D eigenvalue weighted by molar-refractivity contribution is -0.384. The molecule has 0 saturated carbocycles. The molecule has 0 radical (unpaired) electrons. The number of amides is 1. The molecule has 0 saturated heterocycles. The van der Waals surface area contributed by atoms with Crippen molar-refractivity contribution in [2.24, 2.45) is 5.73 Å². The van der Waals surface area contributed by atoms with Crippen LogP contribution in [0.1, 0.15) is 10.4 Å². The fourth-order valence-corrected chi connectivity index (χ4v) is 1.14. The average Bonchev–Trinajstić information content (AvgIpc) is 2.35. The first kappa shape index (κ1) is 14.3. The highest BCUT2D eigenvalue weighted by Gasteiger charge is 2.20. The van der Waals surface area contributed by atoms with E-state index in [4.69, 9.17) is 15.9 Å². The van der Waals surface area contributed by atoms with Crippen molar-refractivity contribution in [3.05, 3.63) is 27.9 Å². The number of primary amides is 1. The summed E-state index contributed by atoms with van der Waals surface area (Å²) < 4.78 is 0. The number of pyridine rings is 1. The Hall–Kier alpha value is -2.75. The van der Waals surface area contributed by atoms with E-state index in [9.17, 15) is 19.7 Å². The second kappa shape index (κ2) is 5.73. The highest BCUT2D eigenvalue weighted by atomic mass is 16.6. The first-order valence-corrected chi connectivity index (χ1v) is 4.92. The molecule has 1 atom stereocenters. The van der Waals surface area contributed by atoms with Gasteiger partial charge in [-0.15, -0.1) is 0 Å². The number of carboxylic acid groups (broad SMARTS) is 1. The van der Waals surface area contributed by atoms with Gasteiger partial charge in [-0.3, -0.25) is 14.9 Å². The standard InChI is InChI=1S/C9H10N4O6/c10-7(15)6(14)3-12-8-5(13(18)19)1-4(2-11-8)9(16)17/h1-2,6,14H,3H2,(H2,10,15)(H,11,12)(H,16,17). The van der Waals surface area contributed by atoms with Gasteiger partial charge in [0.1, 0.15) is 6.10 Å². The molecule has 0 bridgehead atoms. The summed E-state index contributed by atoms with van der Waals surface area (Å²) in [5.74, 6) is -2.63. The van der Waals surface area contributed by atoms with Crippen molar-refractivity contribution in [2.45, 2.75) is 6.10 Å². The Labute approximate surface area is 106 Å². The Kier molecular flexibility index (Phi) is 4.32. The van der Waals surface area contributed by atoms with Gasteiger partial charge in [0, 0.05) is 12.3 Å². The third-order valence-electron chi connectivity index (χ3n) is 2.10. The fraction of sp³-hybridized carbons (Fsp3) is 0.222. The third kappa shape index (κ3) is 3.61. The lowest BCUT2D eigenvalue weighted by Gasteiger charge is -2.09. The van der Waals surface area contributed by atoms with E-state index < -0.39 is 28.6 Å². The zero-order valence-corrected chi connectivity index (χ0v) is 9.44. The summed E-state index contributed by atoms with van der Waals surface area (Å²) in [4.78, 5) is 34.7. The lowest BCUT2D eigenvalue weighted by atomic mass is 10.2. The number of nitrogens with zero attached hydrogens (tertiary/aromatic N) is 2. The first-order valence-electron chi connectivity index (χ1n) is 4.92. The molecule has 10 heteroatoms. The Morgan fingerprint density at radius 1 is 1.58 bits per heavy atom. The third-order valence-corrected chi connectivity index (χ3v) is 2.10. The molecule has 10 nitrogen and oxygen atoms in total. The van der Waals surface area contributed by atoms with Crippen LogP contribution in [0.5, 0.6) is 0 Å². The molecule has 0 aliphatic carbocycles. The van der Waals surface area contributed by atoms with Gasteiger partial charge in [-0.05, 0) is 0 Å². The van der Waals surface area contributed by atoms with Crippen LogP contribution < -0.4 is 11.1 Å². The average molecular weight is 270 g/mol. The zero-order chi connectivity index (χ0) is 14.6. The number of aromatic nitrogens is 1. The van der Waals surface area contributed by atoms with Gasteiger partial charge in [0.2, 0.25) is 11.7 Å². The molecule has 102 valence electrons. The molecule has 1 aromatic heterocycles. The van der Waals surface area contributed by atoms with Crippen molar-refractivity contribution < 1.29 is 24.7 Å². The number of hydrogen-bond donors (Lipinski definition) is 4. The van der Waals surface area contributed by atoms with Gasteiger partial charge in [0.25, 0.3) is 0 Å². The number of aromatic carboxylic acids is 1. The van der Waals surface area contributed by atoms with E-state index in [-0.39, 0.29) is 17.9 Å². The quantitative estimate of drug-likeness (QED) is 0.374. The van der Waals surface area contributed by atoms with E-state index in [1.54, 1.807) is 0 Å². The van der Waals surface area contributed by atoms with E-state index in [1.165, 1.54) is 0 Å². The van der Waals surface area contributed by atoms with Crippen molar-refractivity contribution in [3.8, 4) is 0 Å². The molecule has 0 aromatic carbocycles. The van der Waals surface area contributed by atoms with Gasteiger partial charge in [0.05, 0.1) is 17.0 Å². The molecule has 0 spiro atoms.